The minimum atomic E-state index is 0.917. The molecule has 0 saturated carbocycles. The van der Waals surface area contributed by atoms with Crippen LogP contribution in [0.1, 0.15) is 19.4 Å². The molecule has 74 valence electrons. The molecule has 1 rings (SSSR count). The summed E-state index contributed by atoms with van der Waals surface area (Å²) in [5, 5.41) is 0. The van der Waals surface area contributed by atoms with Crippen molar-refractivity contribution < 1.29 is 9.53 Å². The third-order valence-electron chi connectivity index (χ3n) is 1.26. The van der Waals surface area contributed by atoms with Gasteiger partial charge in [-0.1, -0.05) is 31.5 Å². The summed E-state index contributed by atoms with van der Waals surface area (Å²) in [6.45, 7) is 8.06. The number of benzene rings is 1. The maximum absolute atomic E-state index is 8.00. The molecule has 0 saturated heterocycles. The maximum Gasteiger partial charge on any atom is 0.118 e. The van der Waals surface area contributed by atoms with Gasteiger partial charge in [0.25, 0.3) is 0 Å². The average Bonchev–Trinajstić information content (AvgIpc) is 2.25. The maximum atomic E-state index is 8.00. The van der Waals surface area contributed by atoms with Gasteiger partial charge in [-0.2, -0.15) is 0 Å². The van der Waals surface area contributed by atoms with E-state index in [9.17, 15) is 0 Å². The van der Waals surface area contributed by atoms with Crippen LogP contribution in [0.15, 0.2) is 24.3 Å². The number of aryl methyl sites for hydroxylation is 1. The molecule has 0 bridgehead atoms. The summed E-state index contributed by atoms with van der Waals surface area (Å²) in [6, 6.07) is 7.96. The van der Waals surface area contributed by atoms with Crippen LogP contribution in [0.4, 0.5) is 0 Å². The van der Waals surface area contributed by atoms with Gasteiger partial charge in [0.15, 0.2) is 0 Å². The zero-order valence-electron chi connectivity index (χ0n) is 8.83. The number of carbonyl (C=O) groups excluding carboxylic acids is 1. The van der Waals surface area contributed by atoms with E-state index in [-0.39, 0.29) is 0 Å². The number of hydrogen-bond donors (Lipinski definition) is 0. The van der Waals surface area contributed by atoms with Crippen LogP contribution < -0.4 is 4.74 Å². The zero-order chi connectivity index (χ0) is 10.7. The van der Waals surface area contributed by atoms with Gasteiger partial charge in [-0.25, -0.2) is 0 Å². The van der Waals surface area contributed by atoms with E-state index in [2.05, 4.69) is 6.92 Å². The van der Waals surface area contributed by atoms with Crippen molar-refractivity contribution in [2.45, 2.75) is 20.8 Å². The van der Waals surface area contributed by atoms with E-state index in [0.29, 0.717) is 0 Å². The highest BCUT2D eigenvalue weighted by molar-refractivity contribution is 5.25. The summed E-state index contributed by atoms with van der Waals surface area (Å²) in [4.78, 5) is 8.00. The van der Waals surface area contributed by atoms with Gasteiger partial charge in [0.1, 0.15) is 12.5 Å². The van der Waals surface area contributed by atoms with Crippen LogP contribution in [0.2, 0.25) is 0 Å². The number of carbonyl (C=O) groups is 1. The van der Waals surface area contributed by atoms with E-state index in [0.717, 1.165) is 5.75 Å². The Hall–Kier alpha value is -1.31. The highest BCUT2D eigenvalue weighted by atomic mass is 16.5. The van der Waals surface area contributed by atoms with Crippen molar-refractivity contribution in [3.63, 3.8) is 0 Å². The molecule has 0 atom stereocenters. The summed E-state index contributed by atoms with van der Waals surface area (Å²) >= 11 is 0. The van der Waals surface area contributed by atoms with Crippen molar-refractivity contribution >= 4 is 6.79 Å². The average molecular weight is 182 g/mol. The molecule has 1 aromatic rings. The van der Waals surface area contributed by atoms with Crippen LogP contribution in [0, 0.1) is 6.92 Å². The minimum Gasteiger partial charge on any atom is -0.497 e. The Morgan fingerprint density at radius 1 is 1.08 bits per heavy atom. The molecular weight excluding hydrogens is 164 g/mol. The molecule has 0 amide bonds. The van der Waals surface area contributed by atoms with Crippen LogP contribution in [-0.4, -0.2) is 13.9 Å². The highest BCUT2D eigenvalue weighted by Crippen LogP contribution is 2.09. The molecule has 1 aromatic carbocycles. The van der Waals surface area contributed by atoms with Crippen molar-refractivity contribution in [3.05, 3.63) is 29.8 Å². The number of rotatable bonds is 1. The fraction of sp³-hybridized carbons (Fsp3) is 0.364. The monoisotopic (exact) mass is 182 g/mol. The molecule has 0 unspecified atom stereocenters. The number of ether oxygens (including phenoxy) is 1. The van der Waals surface area contributed by atoms with Gasteiger partial charge in [-0.3, -0.25) is 0 Å². The normalized spacial score (nSPS) is 7.08. The van der Waals surface area contributed by atoms with Gasteiger partial charge in [0, 0.05) is 0 Å². The fourth-order valence-electron chi connectivity index (χ4n) is 0.674. The Labute approximate surface area is 80.5 Å². The fourth-order valence-corrected chi connectivity index (χ4v) is 0.674. The standard InChI is InChI=1S/C8H10O.C2H6.CH2O/c1-7-3-5-8(9-2)6-4-7;2*1-2/h3-6H,1-2H3;1-2H3;1H2. The molecule has 2 nitrogen and oxygen atoms in total. The van der Waals surface area contributed by atoms with Crippen molar-refractivity contribution in [2.24, 2.45) is 0 Å². The highest BCUT2D eigenvalue weighted by Gasteiger charge is 1.85. The SMILES string of the molecule is C=O.CC.COc1ccc(C)cc1. The van der Waals surface area contributed by atoms with E-state index >= 15 is 0 Å². The van der Waals surface area contributed by atoms with Crippen LogP contribution in [-0.2, 0) is 4.79 Å². The van der Waals surface area contributed by atoms with E-state index in [1.165, 1.54) is 5.56 Å². The molecular formula is C11H18O2. The van der Waals surface area contributed by atoms with Crippen LogP contribution in [0.3, 0.4) is 0 Å². The molecule has 0 aliphatic rings. The first-order chi connectivity index (χ1) is 6.33. The van der Waals surface area contributed by atoms with Crippen molar-refractivity contribution in [2.75, 3.05) is 7.11 Å². The van der Waals surface area contributed by atoms with Crippen molar-refractivity contribution in [1.82, 2.24) is 0 Å². The molecule has 0 heterocycles. The molecule has 0 aliphatic carbocycles. The summed E-state index contributed by atoms with van der Waals surface area (Å²) in [5.74, 6) is 0.917. The Kier molecular flexibility index (Phi) is 11.7. The Bertz CT molecular complexity index is 192. The van der Waals surface area contributed by atoms with Crippen LogP contribution in [0.25, 0.3) is 0 Å². The summed E-state index contributed by atoms with van der Waals surface area (Å²) < 4.78 is 4.97. The third kappa shape index (κ3) is 7.06. The molecule has 0 N–H and O–H groups in total. The predicted molar refractivity (Wildman–Crippen MR) is 56.2 cm³/mol. The van der Waals surface area contributed by atoms with Gasteiger partial charge in [-0.05, 0) is 19.1 Å². The number of hydrogen-bond acceptors (Lipinski definition) is 2. The largest absolute Gasteiger partial charge is 0.497 e. The molecule has 2 heteroatoms. The summed E-state index contributed by atoms with van der Waals surface area (Å²) in [7, 11) is 1.67. The minimum absolute atomic E-state index is 0.917. The van der Waals surface area contributed by atoms with E-state index in [1.807, 2.05) is 44.9 Å². The lowest BCUT2D eigenvalue weighted by Crippen LogP contribution is -1.80. The molecule has 0 radical (unpaired) electrons. The van der Waals surface area contributed by atoms with Gasteiger partial charge in [0.05, 0.1) is 7.11 Å². The topological polar surface area (TPSA) is 26.3 Å². The van der Waals surface area contributed by atoms with E-state index < -0.39 is 0 Å². The smallest absolute Gasteiger partial charge is 0.118 e. The zero-order valence-corrected chi connectivity index (χ0v) is 8.83. The molecule has 0 fully saturated rings. The summed E-state index contributed by atoms with van der Waals surface area (Å²) in [6.07, 6.45) is 0. The second kappa shape index (κ2) is 10.7. The Balaban J connectivity index is 0. The first-order valence-electron chi connectivity index (χ1n) is 4.22. The van der Waals surface area contributed by atoms with Crippen LogP contribution in [0.5, 0.6) is 5.75 Å². The van der Waals surface area contributed by atoms with Gasteiger partial charge in [-0.15, -0.1) is 0 Å². The quantitative estimate of drug-likeness (QED) is 0.667. The Morgan fingerprint density at radius 2 is 1.46 bits per heavy atom. The molecule has 0 spiro atoms. The lowest BCUT2D eigenvalue weighted by molar-refractivity contribution is -0.0979. The number of methoxy groups -OCH3 is 1. The first-order valence-corrected chi connectivity index (χ1v) is 4.22. The second-order valence-electron chi connectivity index (χ2n) is 2.02. The lowest BCUT2D eigenvalue weighted by atomic mass is 10.2. The van der Waals surface area contributed by atoms with Crippen molar-refractivity contribution in [3.8, 4) is 5.75 Å². The predicted octanol–water partition coefficient (Wildman–Crippen LogP) is 2.84. The first kappa shape index (κ1) is 14.2. The van der Waals surface area contributed by atoms with Gasteiger partial charge in [0.2, 0.25) is 0 Å². The van der Waals surface area contributed by atoms with Crippen molar-refractivity contribution in [1.29, 1.82) is 0 Å². The Morgan fingerprint density at radius 3 is 1.77 bits per heavy atom. The van der Waals surface area contributed by atoms with E-state index in [1.54, 1.807) is 7.11 Å². The molecule has 13 heavy (non-hydrogen) atoms. The lowest BCUT2D eigenvalue weighted by Gasteiger charge is -1.97. The van der Waals surface area contributed by atoms with Gasteiger partial charge >= 0.3 is 0 Å². The molecule has 0 aliphatic heterocycles. The van der Waals surface area contributed by atoms with E-state index in [4.69, 9.17) is 9.53 Å². The molecule has 0 aromatic heterocycles. The van der Waals surface area contributed by atoms with Crippen LogP contribution >= 0.6 is 0 Å². The second-order valence-corrected chi connectivity index (χ2v) is 2.02. The summed E-state index contributed by atoms with van der Waals surface area (Å²) in [5.41, 5.74) is 1.26. The van der Waals surface area contributed by atoms with Gasteiger partial charge < -0.3 is 9.53 Å². The third-order valence-corrected chi connectivity index (χ3v) is 1.26.